The predicted octanol–water partition coefficient (Wildman–Crippen LogP) is 2.23. The summed E-state index contributed by atoms with van der Waals surface area (Å²) in [5.41, 5.74) is 7.20. The maximum Gasteiger partial charge on any atom is 0.308 e. The van der Waals surface area contributed by atoms with Crippen molar-refractivity contribution in [2.45, 2.75) is 64.8 Å². The first-order valence-corrected chi connectivity index (χ1v) is 12.8. The van der Waals surface area contributed by atoms with Crippen molar-refractivity contribution in [2.75, 3.05) is 66.0 Å². The van der Waals surface area contributed by atoms with Crippen LogP contribution in [0.2, 0.25) is 0 Å². The summed E-state index contributed by atoms with van der Waals surface area (Å²) in [4.78, 5) is 50.4. The lowest BCUT2D eigenvalue weighted by Crippen LogP contribution is -2.58. The third kappa shape index (κ3) is 19.2. The van der Waals surface area contributed by atoms with E-state index >= 15 is 0 Å². The summed E-state index contributed by atoms with van der Waals surface area (Å²) in [6, 6.07) is 0. The van der Waals surface area contributed by atoms with Gasteiger partial charge in [-0.3, -0.25) is 19.2 Å². The van der Waals surface area contributed by atoms with Crippen LogP contribution in [0.4, 0.5) is 0 Å². The van der Waals surface area contributed by atoms with E-state index in [4.69, 9.17) is 34.0 Å². The molecule has 0 saturated carbocycles. The molecule has 0 heterocycles. The molecule has 0 aliphatic heterocycles. The molecular formula is C24H42N4O10. The summed E-state index contributed by atoms with van der Waals surface area (Å²) in [7, 11) is 0. The van der Waals surface area contributed by atoms with Gasteiger partial charge in [0.2, 0.25) is 5.91 Å². The van der Waals surface area contributed by atoms with Crippen LogP contribution in [0.3, 0.4) is 0 Å². The minimum atomic E-state index is -1.18. The molecule has 0 aromatic rings. The molecule has 0 atom stereocenters. The van der Waals surface area contributed by atoms with Gasteiger partial charge in [0.25, 0.3) is 0 Å². The molecule has 0 aromatic heterocycles. The number of amides is 1. The molecule has 0 spiro atoms. The maximum absolute atomic E-state index is 12.8. The van der Waals surface area contributed by atoms with E-state index < -0.39 is 23.4 Å². The van der Waals surface area contributed by atoms with Crippen molar-refractivity contribution in [3.63, 3.8) is 0 Å². The van der Waals surface area contributed by atoms with Crippen LogP contribution in [-0.2, 0) is 47.6 Å². The highest BCUT2D eigenvalue weighted by Gasteiger charge is 2.34. The quantitative estimate of drug-likeness (QED) is 0.0470. The Morgan fingerprint density at radius 3 is 1.50 bits per heavy atom. The smallest absolute Gasteiger partial charge is 0.308 e. The number of nitrogens with zero attached hydrogens (tertiary/aromatic N) is 3. The average Bonchev–Trinajstić information content (AvgIpc) is 2.87. The number of hydrogen-bond acceptors (Lipinski definition) is 11. The lowest BCUT2D eigenvalue weighted by molar-refractivity contribution is -0.145. The topological polar surface area (TPSA) is 184 Å². The number of nitrogens with one attached hydrogen (secondary N) is 1. The Balaban J connectivity index is 5.32. The van der Waals surface area contributed by atoms with Crippen molar-refractivity contribution < 1.29 is 47.6 Å². The fourth-order valence-corrected chi connectivity index (χ4v) is 3.07. The Morgan fingerprint density at radius 1 is 0.711 bits per heavy atom. The van der Waals surface area contributed by atoms with Crippen molar-refractivity contribution in [1.29, 1.82) is 0 Å². The highest BCUT2D eigenvalue weighted by Crippen LogP contribution is 2.12. The number of rotatable bonds is 24. The molecular weight excluding hydrogens is 504 g/mol. The molecule has 1 N–H and O–H groups in total. The van der Waals surface area contributed by atoms with Gasteiger partial charge < -0.3 is 33.7 Å². The Kier molecular flexibility index (Phi) is 21.4. The van der Waals surface area contributed by atoms with Gasteiger partial charge in [-0.05, 0) is 39.1 Å². The molecule has 0 bridgehead atoms. The Labute approximate surface area is 223 Å². The zero-order valence-electron chi connectivity index (χ0n) is 22.7. The minimum Gasteiger partial charge on any atom is -0.466 e. The van der Waals surface area contributed by atoms with E-state index in [0.717, 1.165) is 0 Å². The van der Waals surface area contributed by atoms with Crippen LogP contribution < -0.4 is 5.32 Å². The molecule has 1 amide bonds. The molecule has 0 rings (SSSR count). The molecule has 14 nitrogen and oxygen atoms in total. The van der Waals surface area contributed by atoms with E-state index in [0.29, 0.717) is 12.8 Å². The van der Waals surface area contributed by atoms with Gasteiger partial charge in [0.05, 0.1) is 78.7 Å². The fourth-order valence-electron chi connectivity index (χ4n) is 3.07. The van der Waals surface area contributed by atoms with Crippen LogP contribution in [0.15, 0.2) is 5.11 Å². The number of azide groups is 1. The van der Waals surface area contributed by atoms with Crippen molar-refractivity contribution in [3.05, 3.63) is 10.4 Å². The normalized spacial score (nSPS) is 10.8. The first-order valence-electron chi connectivity index (χ1n) is 12.8. The maximum atomic E-state index is 12.8. The van der Waals surface area contributed by atoms with Gasteiger partial charge in [-0.15, -0.1) is 0 Å². The lowest BCUT2D eigenvalue weighted by Gasteiger charge is -2.34. The number of carbonyl (C=O) groups excluding carboxylic acids is 4. The van der Waals surface area contributed by atoms with Crippen LogP contribution in [0.5, 0.6) is 0 Å². The number of unbranched alkanes of at least 4 members (excludes halogenated alkanes) is 1. The number of hydrogen-bond donors (Lipinski definition) is 1. The van der Waals surface area contributed by atoms with Gasteiger partial charge in [0.1, 0.15) is 5.54 Å². The predicted molar refractivity (Wildman–Crippen MR) is 135 cm³/mol. The van der Waals surface area contributed by atoms with Crippen molar-refractivity contribution in [1.82, 2.24) is 5.32 Å². The lowest BCUT2D eigenvalue weighted by atomic mass is 10.0. The van der Waals surface area contributed by atoms with E-state index in [2.05, 4.69) is 15.3 Å². The first-order chi connectivity index (χ1) is 18.3. The number of carbonyl (C=O) groups is 4. The Morgan fingerprint density at radius 2 is 1.13 bits per heavy atom. The number of ether oxygens (including phenoxy) is 6. The summed E-state index contributed by atoms with van der Waals surface area (Å²) in [6.07, 6.45) is 1.22. The number of esters is 3. The molecule has 0 unspecified atom stereocenters. The molecule has 218 valence electrons. The van der Waals surface area contributed by atoms with E-state index in [1.807, 2.05) is 0 Å². The fraction of sp³-hybridized carbons (Fsp3) is 0.833. The minimum absolute atomic E-state index is 0.0186. The van der Waals surface area contributed by atoms with Crippen molar-refractivity contribution in [3.8, 4) is 0 Å². The zero-order valence-corrected chi connectivity index (χ0v) is 22.7. The highest BCUT2D eigenvalue weighted by atomic mass is 16.5. The van der Waals surface area contributed by atoms with Crippen LogP contribution >= 0.6 is 0 Å². The molecule has 0 radical (unpaired) electrons. The summed E-state index contributed by atoms with van der Waals surface area (Å²) in [6.45, 7) is 6.02. The van der Waals surface area contributed by atoms with Gasteiger partial charge in [0, 0.05) is 17.9 Å². The third-order valence-electron chi connectivity index (χ3n) is 4.78. The second-order valence-corrected chi connectivity index (χ2v) is 8.06. The molecule has 0 aromatic carbocycles. The summed E-state index contributed by atoms with van der Waals surface area (Å²) in [5, 5.41) is 6.35. The first kappa shape index (κ1) is 35.1. The van der Waals surface area contributed by atoms with Crippen LogP contribution in [0.25, 0.3) is 10.4 Å². The zero-order chi connectivity index (χ0) is 28.5. The van der Waals surface area contributed by atoms with E-state index in [-0.39, 0.29) is 97.6 Å². The van der Waals surface area contributed by atoms with E-state index in [9.17, 15) is 19.2 Å². The van der Waals surface area contributed by atoms with Crippen LogP contribution in [-0.4, -0.2) is 95.4 Å². The largest absolute Gasteiger partial charge is 0.466 e. The monoisotopic (exact) mass is 546 g/mol. The molecule has 0 fully saturated rings. The molecule has 0 aliphatic carbocycles. The molecule has 0 saturated heterocycles. The Bertz CT molecular complexity index is 679. The summed E-state index contributed by atoms with van der Waals surface area (Å²) < 4.78 is 31.8. The van der Waals surface area contributed by atoms with Crippen molar-refractivity contribution in [2.24, 2.45) is 5.11 Å². The average molecular weight is 547 g/mol. The highest BCUT2D eigenvalue weighted by molar-refractivity contribution is 5.76. The SMILES string of the molecule is CCOC(=O)CCOCC(COCCC(=O)OCC)(COCCC(=O)OCC)NC(=O)CCCCN=[N+]=[N-]. The van der Waals surface area contributed by atoms with Crippen LogP contribution in [0.1, 0.15) is 59.3 Å². The van der Waals surface area contributed by atoms with Gasteiger partial charge in [0.15, 0.2) is 0 Å². The van der Waals surface area contributed by atoms with Crippen LogP contribution in [0, 0.1) is 0 Å². The van der Waals surface area contributed by atoms with Gasteiger partial charge in [-0.2, -0.15) is 0 Å². The van der Waals surface area contributed by atoms with Gasteiger partial charge in [-0.1, -0.05) is 5.11 Å². The van der Waals surface area contributed by atoms with E-state index in [1.54, 1.807) is 20.8 Å². The third-order valence-corrected chi connectivity index (χ3v) is 4.78. The molecule has 38 heavy (non-hydrogen) atoms. The molecule has 14 heteroatoms. The Hall–Kier alpha value is -2.93. The standard InChI is InChI=1S/C24H42N4O10/c1-4-36-21(30)10-14-33-17-24(18-34-15-11-22(31)37-5-2,19-35-16-12-23(32)38-6-3)27-20(29)9-7-8-13-26-28-25/h4-19H2,1-3H3,(H,27,29). The second-order valence-electron chi connectivity index (χ2n) is 8.06. The second kappa shape index (κ2) is 23.2. The van der Waals surface area contributed by atoms with E-state index in [1.165, 1.54) is 0 Å². The molecule has 0 aliphatic rings. The summed E-state index contributed by atoms with van der Waals surface area (Å²) in [5.74, 6) is -1.57. The van der Waals surface area contributed by atoms with Crippen molar-refractivity contribution >= 4 is 23.8 Å². The van der Waals surface area contributed by atoms with Gasteiger partial charge >= 0.3 is 17.9 Å². The van der Waals surface area contributed by atoms with Gasteiger partial charge in [-0.25, -0.2) is 0 Å². The summed E-state index contributed by atoms with van der Waals surface area (Å²) >= 11 is 0.